The fourth-order valence-corrected chi connectivity index (χ4v) is 5.54. The van der Waals surface area contributed by atoms with E-state index in [2.05, 4.69) is 4.37 Å². The van der Waals surface area contributed by atoms with Crippen LogP contribution >= 0.6 is 11.5 Å². The fraction of sp³-hybridized carbons (Fsp3) is 0.636. The van der Waals surface area contributed by atoms with Gasteiger partial charge in [-0.1, -0.05) is 0 Å². The van der Waals surface area contributed by atoms with E-state index >= 15 is 0 Å². The molecule has 1 aromatic heterocycles. The number of rotatable bonds is 3. The molecule has 1 N–H and O–H groups in total. The Hall–Kier alpha value is -1.03. The normalized spacial score (nSPS) is 31.1. The van der Waals surface area contributed by atoms with Gasteiger partial charge in [0.2, 0.25) is 0 Å². The molecule has 2 fully saturated rings. The molecule has 2 atom stereocenters. The molecule has 2 aliphatic heterocycles. The number of hydrogen-bond acceptors (Lipinski definition) is 6. The number of carbonyl (C=O) groups is 1. The zero-order valence-corrected chi connectivity index (χ0v) is 12.2. The lowest BCUT2D eigenvalue weighted by Gasteiger charge is -2.40. The third-order valence-corrected chi connectivity index (χ3v) is 7.12. The van der Waals surface area contributed by atoms with Crippen molar-refractivity contribution < 1.29 is 23.1 Å². The molecule has 2 aliphatic rings. The van der Waals surface area contributed by atoms with Crippen LogP contribution in [0.1, 0.15) is 12.8 Å². The first-order chi connectivity index (χ1) is 9.48. The summed E-state index contributed by atoms with van der Waals surface area (Å²) in [5, 5.41) is 9.50. The van der Waals surface area contributed by atoms with E-state index in [0.29, 0.717) is 19.4 Å². The molecule has 0 amide bonds. The van der Waals surface area contributed by atoms with Gasteiger partial charge in [0, 0.05) is 12.7 Å². The Bertz CT molecular complexity index is 615. The lowest BCUT2D eigenvalue weighted by Crippen LogP contribution is -2.56. The van der Waals surface area contributed by atoms with Gasteiger partial charge in [-0.05, 0) is 30.4 Å². The van der Waals surface area contributed by atoms with Crippen molar-refractivity contribution in [2.24, 2.45) is 5.41 Å². The van der Waals surface area contributed by atoms with Gasteiger partial charge in [0.1, 0.15) is 5.41 Å². The summed E-state index contributed by atoms with van der Waals surface area (Å²) in [6.07, 6.45) is 2.39. The Morgan fingerprint density at radius 1 is 1.60 bits per heavy atom. The highest BCUT2D eigenvalue weighted by atomic mass is 32.2. The van der Waals surface area contributed by atoms with Gasteiger partial charge in [0.05, 0.1) is 19.3 Å². The Morgan fingerprint density at radius 3 is 3.05 bits per heavy atom. The van der Waals surface area contributed by atoms with Crippen molar-refractivity contribution in [3.8, 4) is 0 Å². The first-order valence-corrected chi connectivity index (χ1v) is 8.43. The summed E-state index contributed by atoms with van der Waals surface area (Å²) in [6, 6.07) is 0.799. The number of fused-ring (bicyclic) bond motifs is 1. The van der Waals surface area contributed by atoms with Crippen molar-refractivity contribution in [2.75, 3.05) is 19.8 Å². The van der Waals surface area contributed by atoms with E-state index in [-0.39, 0.29) is 17.4 Å². The summed E-state index contributed by atoms with van der Waals surface area (Å²) in [5.41, 5.74) is -1.12. The van der Waals surface area contributed by atoms with Crippen LogP contribution in [-0.2, 0) is 19.6 Å². The van der Waals surface area contributed by atoms with Crippen molar-refractivity contribution in [3.05, 3.63) is 12.3 Å². The summed E-state index contributed by atoms with van der Waals surface area (Å²) in [5.74, 6) is -0.982. The molecule has 110 valence electrons. The maximum absolute atomic E-state index is 12.6. The molecule has 0 radical (unpaired) electrons. The predicted molar refractivity (Wildman–Crippen MR) is 69.9 cm³/mol. The van der Waals surface area contributed by atoms with Crippen LogP contribution in [-0.4, -0.2) is 54.0 Å². The number of aromatic nitrogens is 1. The lowest BCUT2D eigenvalue weighted by atomic mass is 9.76. The number of ether oxygens (including phenoxy) is 1. The van der Waals surface area contributed by atoms with Crippen LogP contribution in [0, 0.1) is 5.41 Å². The molecular formula is C11H14N2O5S2. The van der Waals surface area contributed by atoms with Crippen LogP contribution in [0.3, 0.4) is 0 Å². The highest BCUT2D eigenvalue weighted by Crippen LogP contribution is 2.43. The third-order valence-electron chi connectivity index (χ3n) is 4.03. The summed E-state index contributed by atoms with van der Waals surface area (Å²) in [7, 11) is -3.70. The average molecular weight is 318 g/mol. The number of piperidine rings is 1. The van der Waals surface area contributed by atoms with Gasteiger partial charge >= 0.3 is 5.97 Å². The molecule has 9 heteroatoms. The maximum atomic E-state index is 12.6. The molecule has 3 heterocycles. The van der Waals surface area contributed by atoms with Crippen LogP contribution < -0.4 is 0 Å². The molecule has 3 rings (SSSR count). The van der Waals surface area contributed by atoms with Gasteiger partial charge in [-0.15, -0.1) is 0 Å². The van der Waals surface area contributed by atoms with Gasteiger partial charge in [-0.2, -0.15) is 8.68 Å². The van der Waals surface area contributed by atoms with E-state index < -0.39 is 27.4 Å². The molecule has 0 aromatic carbocycles. The van der Waals surface area contributed by atoms with E-state index in [1.165, 1.54) is 16.6 Å². The smallest absolute Gasteiger partial charge is 0.313 e. The Kier molecular flexibility index (Phi) is 3.32. The highest BCUT2D eigenvalue weighted by Gasteiger charge is 2.57. The number of nitrogens with zero attached hydrogens (tertiary/aromatic N) is 2. The van der Waals surface area contributed by atoms with Crippen molar-refractivity contribution in [3.63, 3.8) is 0 Å². The van der Waals surface area contributed by atoms with Crippen LogP contribution in [0.2, 0.25) is 0 Å². The van der Waals surface area contributed by atoms with E-state index in [1.54, 1.807) is 0 Å². The topological polar surface area (TPSA) is 96.8 Å². The average Bonchev–Trinajstić information content (AvgIpc) is 3.08. The number of carboxylic acids is 1. The van der Waals surface area contributed by atoms with E-state index in [1.807, 2.05) is 0 Å². The van der Waals surface area contributed by atoms with Gasteiger partial charge in [0.15, 0.2) is 4.21 Å². The zero-order chi connectivity index (χ0) is 14.4. The Morgan fingerprint density at radius 2 is 2.40 bits per heavy atom. The Labute approximate surface area is 120 Å². The fourth-order valence-electron chi connectivity index (χ4n) is 2.96. The predicted octanol–water partition coefficient (Wildman–Crippen LogP) is 0.397. The van der Waals surface area contributed by atoms with Crippen molar-refractivity contribution in [1.29, 1.82) is 0 Å². The molecule has 7 nitrogen and oxygen atoms in total. The minimum Gasteiger partial charge on any atom is -0.481 e. The van der Waals surface area contributed by atoms with E-state index in [4.69, 9.17) is 4.74 Å². The SMILES string of the molecule is O=C(O)[C@@]12CCCN(S(=O)(=O)c3ccns3)[C@H]1COC2. The minimum atomic E-state index is -3.70. The van der Waals surface area contributed by atoms with Crippen LogP contribution in [0.25, 0.3) is 0 Å². The highest BCUT2D eigenvalue weighted by molar-refractivity contribution is 7.91. The third kappa shape index (κ3) is 1.88. The molecule has 2 saturated heterocycles. The second kappa shape index (κ2) is 4.76. The minimum absolute atomic E-state index is 0.0711. The standard InChI is InChI=1S/C11H14N2O5S2/c14-10(15)11-3-1-5-13(8(11)6-18-7-11)20(16,17)9-2-4-12-19-9/h2,4,8H,1,3,5-7H2,(H,14,15)/t8-,11+/m0/s1. The summed E-state index contributed by atoms with van der Waals surface area (Å²) in [4.78, 5) is 11.6. The van der Waals surface area contributed by atoms with Crippen LogP contribution in [0.4, 0.5) is 0 Å². The number of sulfonamides is 1. The Balaban J connectivity index is 2.01. The largest absolute Gasteiger partial charge is 0.481 e. The van der Waals surface area contributed by atoms with Gasteiger partial charge in [-0.25, -0.2) is 8.42 Å². The molecule has 0 unspecified atom stereocenters. The van der Waals surface area contributed by atoms with Crippen LogP contribution in [0.5, 0.6) is 0 Å². The van der Waals surface area contributed by atoms with Gasteiger partial charge in [0.25, 0.3) is 10.0 Å². The van der Waals surface area contributed by atoms with Gasteiger partial charge in [-0.3, -0.25) is 4.79 Å². The molecular weight excluding hydrogens is 304 g/mol. The quantitative estimate of drug-likeness (QED) is 0.866. The summed E-state index contributed by atoms with van der Waals surface area (Å²) >= 11 is 0.897. The van der Waals surface area contributed by atoms with E-state index in [9.17, 15) is 18.3 Å². The second-order valence-corrected chi connectivity index (χ2v) is 7.99. The van der Waals surface area contributed by atoms with Gasteiger partial charge < -0.3 is 9.84 Å². The second-order valence-electron chi connectivity index (χ2n) is 5.04. The zero-order valence-electron chi connectivity index (χ0n) is 10.6. The number of carboxylic acid groups (broad SMARTS) is 1. The molecule has 0 bridgehead atoms. The molecule has 0 saturated carbocycles. The monoisotopic (exact) mass is 318 g/mol. The first kappa shape index (κ1) is 13.9. The first-order valence-electron chi connectivity index (χ1n) is 6.22. The summed E-state index contributed by atoms with van der Waals surface area (Å²) < 4.78 is 35.7. The number of aliphatic carboxylic acids is 1. The maximum Gasteiger partial charge on any atom is 0.313 e. The van der Waals surface area contributed by atoms with E-state index in [0.717, 1.165) is 11.5 Å². The molecule has 20 heavy (non-hydrogen) atoms. The summed E-state index contributed by atoms with van der Waals surface area (Å²) in [6.45, 7) is 0.523. The van der Waals surface area contributed by atoms with Crippen molar-refractivity contribution in [1.82, 2.24) is 8.68 Å². The number of hydrogen-bond donors (Lipinski definition) is 1. The molecule has 0 aliphatic carbocycles. The lowest BCUT2D eigenvalue weighted by molar-refractivity contribution is -0.152. The molecule has 0 spiro atoms. The van der Waals surface area contributed by atoms with Crippen molar-refractivity contribution >= 4 is 27.5 Å². The van der Waals surface area contributed by atoms with Crippen molar-refractivity contribution in [2.45, 2.75) is 23.1 Å². The molecule has 1 aromatic rings. The van der Waals surface area contributed by atoms with Crippen LogP contribution in [0.15, 0.2) is 16.5 Å².